The van der Waals surface area contributed by atoms with Crippen LogP contribution in [0.3, 0.4) is 0 Å². The fourth-order valence-corrected chi connectivity index (χ4v) is 4.11. The summed E-state index contributed by atoms with van der Waals surface area (Å²) in [5.74, 6) is 1.28. The molecule has 0 spiro atoms. The molecule has 134 valence electrons. The van der Waals surface area contributed by atoms with E-state index in [0.717, 1.165) is 31.4 Å². The number of ether oxygens (including phenoxy) is 2. The summed E-state index contributed by atoms with van der Waals surface area (Å²) in [6, 6.07) is 0. The molecule has 1 amide bonds. The lowest BCUT2D eigenvalue weighted by molar-refractivity contribution is -0.170. The number of carbonyl (C=O) groups is 1. The van der Waals surface area contributed by atoms with Crippen molar-refractivity contribution in [3.8, 4) is 0 Å². The van der Waals surface area contributed by atoms with Gasteiger partial charge in [0, 0.05) is 19.4 Å². The molecule has 3 atom stereocenters. The van der Waals surface area contributed by atoms with Gasteiger partial charge in [0.2, 0.25) is 5.91 Å². The molecule has 0 aromatic carbocycles. The zero-order valence-electron chi connectivity index (χ0n) is 15.2. The molecule has 3 aliphatic carbocycles. The number of hydrogen-bond acceptors (Lipinski definition) is 4. The predicted octanol–water partition coefficient (Wildman–Crippen LogP) is 3.22. The van der Waals surface area contributed by atoms with Crippen LogP contribution in [0.1, 0.15) is 45.4 Å². The number of nitrogens with zero attached hydrogens (tertiary/aromatic N) is 1. The summed E-state index contributed by atoms with van der Waals surface area (Å²) < 4.78 is 12.1. The van der Waals surface area contributed by atoms with Crippen LogP contribution in [-0.4, -0.2) is 43.9 Å². The first-order valence-corrected chi connectivity index (χ1v) is 8.93. The first-order chi connectivity index (χ1) is 11.5. The van der Waals surface area contributed by atoms with Crippen molar-refractivity contribution in [3.63, 3.8) is 0 Å². The Kier molecular flexibility index (Phi) is 5.02. The van der Waals surface area contributed by atoms with Crippen molar-refractivity contribution in [2.75, 3.05) is 21.3 Å². The molecule has 0 saturated heterocycles. The average Bonchev–Trinajstić information content (AvgIpc) is 3.22. The number of methoxy groups -OCH3 is 1. The maximum absolute atomic E-state index is 12.3. The SMILES string of the molecule is COC1=CC=C(C2CC2C(=O)N(C)OC)CC1(C)OC1CCCC1. The zero-order chi connectivity index (χ0) is 17.3. The number of amides is 1. The van der Waals surface area contributed by atoms with Gasteiger partial charge in [-0.1, -0.05) is 24.5 Å². The molecule has 5 nitrogen and oxygen atoms in total. The third kappa shape index (κ3) is 3.38. The Morgan fingerprint density at radius 2 is 1.96 bits per heavy atom. The number of hydrogen-bond donors (Lipinski definition) is 0. The first-order valence-electron chi connectivity index (χ1n) is 8.93. The van der Waals surface area contributed by atoms with Gasteiger partial charge in [-0.15, -0.1) is 0 Å². The molecule has 5 heteroatoms. The molecule has 3 aliphatic rings. The second kappa shape index (κ2) is 6.89. The number of rotatable bonds is 6. The third-order valence-corrected chi connectivity index (χ3v) is 5.63. The Morgan fingerprint density at radius 1 is 1.25 bits per heavy atom. The minimum atomic E-state index is -0.419. The van der Waals surface area contributed by atoms with E-state index in [1.807, 2.05) is 6.08 Å². The van der Waals surface area contributed by atoms with Gasteiger partial charge in [0.25, 0.3) is 0 Å². The van der Waals surface area contributed by atoms with Crippen LogP contribution in [-0.2, 0) is 19.1 Å². The largest absolute Gasteiger partial charge is 0.498 e. The van der Waals surface area contributed by atoms with E-state index in [4.69, 9.17) is 14.3 Å². The molecule has 0 heterocycles. The summed E-state index contributed by atoms with van der Waals surface area (Å²) in [4.78, 5) is 17.3. The van der Waals surface area contributed by atoms with E-state index in [1.54, 1.807) is 14.2 Å². The van der Waals surface area contributed by atoms with Gasteiger partial charge in [-0.3, -0.25) is 9.63 Å². The molecule has 0 aromatic rings. The fourth-order valence-electron chi connectivity index (χ4n) is 4.11. The minimum absolute atomic E-state index is 0.0365. The Labute approximate surface area is 144 Å². The van der Waals surface area contributed by atoms with Gasteiger partial charge in [-0.25, -0.2) is 5.06 Å². The Hall–Kier alpha value is -1.33. The van der Waals surface area contributed by atoms with E-state index in [2.05, 4.69) is 13.0 Å². The van der Waals surface area contributed by atoms with Crippen LogP contribution in [0.15, 0.2) is 23.5 Å². The molecule has 0 aliphatic heterocycles. The molecule has 0 aromatic heterocycles. The van der Waals surface area contributed by atoms with E-state index < -0.39 is 5.60 Å². The summed E-state index contributed by atoms with van der Waals surface area (Å²) in [6.07, 6.45) is 10.9. The molecule has 2 saturated carbocycles. The molecule has 2 fully saturated rings. The normalized spacial score (nSPS) is 33.0. The highest BCUT2D eigenvalue weighted by atomic mass is 16.7. The quantitative estimate of drug-likeness (QED) is 0.699. The molecule has 24 heavy (non-hydrogen) atoms. The highest BCUT2D eigenvalue weighted by molar-refractivity contribution is 5.81. The van der Waals surface area contributed by atoms with Crippen molar-refractivity contribution in [1.29, 1.82) is 0 Å². The van der Waals surface area contributed by atoms with Crippen molar-refractivity contribution in [2.45, 2.75) is 57.2 Å². The number of carbonyl (C=O) groups excluding carboxylic acids is 1. The minimum Gasteiger partial charge on any atom is -0.498 e. The summed E-state index contributed by atoms with van der Waals surface area (Å²) in [5.41, 5.74) is 0.871. The van der Waals surface area contributed by atoms with Gasteiger partial charge >= 0.3 is 0 Å². The lowest BCUT2D eigenvalue weighted by Gasteiger charge is -2.37. The Bertz CT molecular complexity index is 550. The summed E-state index contributed by atoms with van der Waals surface area (Å²) in [7, 11) is 4.90. The van der Waals surface area contributed by atoms with Gasteiger partial charge in [0.15, 0.2) is 0 Å². The smallest absolute Gasteiger partial charge is 0.249 e. The van der Waals surface area contributed by atoms with Crippen molar-refractivity contribution in [2.24, 2.45) is 11.8 Å². The van der Waals surface area contributed by atoms with Crippen LogP contribution in [0.2, 0.25) is 0 Å². The summed E-state index contributed by atoms with van der Waals surface area (Å²) >= 11 is 0. The van der Waals surface area contributed by atoms with E-state index in [-0.39, 0.29) is 11.8 Å². The molecule has 3 rings (SSSR count). The summed E-state index contributed by atoms with van der Waals surface area (Å²) in [6.45, 7) is 2.12. The van der Waals surface area contributed by atoms with Crippen LogP contribution < -0.4 is 0 Å². The molecular formula is C19H29NO4. The van der Waals surface area contributed by atoms with E-state index in [1.165, 1.54) is 30.6 Å². The molecular weight excluding hydrogens is 306 g/mol. The highest BCUT2D eigenvalue weighted by Gasteiger charge is 2.49. The molecule has 0 N–H and O–H groups in total. The zero-order valence-corrected chi connectivity index (χ0v) is 15.2. The Morgan fingerprint density at radius 3 is 2.58 bits per heavy atom. The number of allylic oxidation sites excluding steroid dienone is 2. The number of hydroxylamine groups is 2. The fraction of sp³-hybridized carbons (Fsp3) is 0.737. The van der Waals surface area contributed by atoms with E-state index in [0.29, 0.717) is 12.0 Å². The third-order valence-electron chi connectivity index (χ3n) is 5.63. The monoisotopic (exact) mass is 335 g/mol. The van der Waals surface area contributed by atoms with Crippen molar-refractivity contribution in [3.05, 3.63) is 23.5 Å². The van der Waals surface area contributed by atoms with E-state index >= 15 is 0 Å². The van der Waals surface area contributed by atoms with Gasteiger partial charge in [0.1, 0.15) is 11.4 Å². The topological polar surface area (TPSA) is 48.0 Å². The van der Waals surface area contributed by atoms with Crippen molar-refractivity contribution in [1.82, 2.24) is 5.06 Å². The van der Waals surface area contributed by atoms with E-state index in [9.17, 15) is 4.79 Å². The van der Waals surface area contributed by atoms with Crippen LogP contribution >= 0.6 is 0 Å². The van der Waals surface area contributed by atoms with Crippen LogP contribution in [0.4, 0.5) is 0 Å². The molecule has 3 unspecified atom stereocenters. The summed E-state index contributed by atoms with van der Waals surface area (Å²) in [5, 5.41) is 1.33. The van der Waals surface area contributed by atoms with Gasteiger partial charge in [0.05, 0.1) is 20.3 Å². The lowest BCUT2D eigenvalue weighted by Crippen LogP contribution is -2.38. The van der Waals surface area contributed by atoms with Crippen LogP contribution in [0.25, 0.3) is 0 Å². The second-order valence-corrected chi connectivity index (χ2v) is 7.38. The maximum atomic E-state index is 12.3. The predicted molar refractivity (Wildman–Crippen MR) is 90.9 cm³/mol. The lowest BCUT2D eigenvalue weighted by atomic mass is 9.86. The first kappa shape index (κ1) is 17.5. The average molecular weight is 335 g/mol. The molecule has 0 radical (unpaired) electrons. The standard InChI is InChI=1S/C19H29NO4/c1-19(24-14-7-5-6-8-14)12-13(9-10-17(19)22-3)15-11-16(15)18(21)20(2)23-4/h9-10,14-16H,5-8,11-12H2,1-4H3. The second-order valence-electron chi connectivity index (χ2n) is 7.38. The van der Waals surface area contributed by atoms with Gasteiger partial charge in [-0.05, 0) is 38.2 Å². The van der Waals surface area contributed by atoms with Crippen LogP contribution in [0.5, 0.6) is 0 Å². The highest BCUT2D eigenvalue weighted by Crippen LogP contribution is 2.50. The molecule has 0 bridgehead atoms. The van der Waals surface area contributed by atoms with Gasteiger partial charge < -0.3 is 9.47 Å². The van der Waals surface area contributed by atoms with Crippen LogP contribution in [0, 0.1) is 11.8 Å². The maximum Gasteiger partial charge on any atom is 0.249 e. The van der Waals surface area contributed by atoms with Crippen molar-refractivity contribution >= 4 is 5.91 Å². The Balaban J connectivity index is 1.69. The van der Waals surface area contributed by atoms with Gasteiger partial charge in [-0.2, -0.15) is 0 Å². The van der Waals surface area contributed by atoms with Crippen molar-refractivity contribution < 1.29 is 19.1 Å².